The highest BCUT2D eigenvalue weighted by Crippen LogP contribution is 2.20. The highest BCUT2D eigenvalue weighted by Gasteiger charge is 2.23. The fourth-order valence-electron chi connectivity index (χ4n) is 2.58. The Bertz CT molecular complexity index is 357. The van der Waals surface area contributed by atoms with E-state index < -0.39 is 0 Å². The molecule has 0 bridgehead atoms. The van der Waals surface area contributed by atoms with Crippen molar-refractivity contribution in [2.75, 3.05) is 0 Å². The van der Waals surface area contributed by atoms with Crippen molar-refractivity contribution in [2.45, 2.75) is 51.7 Å². The minimum atomic E-state index is 0.337. The van der Waals surface area contributed by atoms with Gasteiger partial charge in [-0.05, 0) is 44.4 Å². The van der Waals surface area contributed by atoms with Crippen molar-refractivity contribution in [3.63, 3.8) is 0 Å². The number of phenolic OH excluding ortho intramolecular Hbond substituents is 1. The van der Waals surface area contributed by atoms with Gasteiger partial charge in [0, 0.05) is 18.6 Å². The highest BCUT2D eigenvalue weighted by molar-refractivity contribution is 5.26. The molecule has 3 heteroatoms. The number of hydrogen-bond donors (Lipinski definition) is 2. The summed E-state index contributed by atoms with van der Waals surface area (Å²) in [5.41, 5.74) is 4.61. The number of nitrogens with zero attached hydrogens (tertiary/aromatic N) is 1. The number of piperidine rings is 1. The number of hydrazine groups is 1. The van der Waals surface area contributed by atoms with E-state index in [1.165, 1.54) is 19.3 Å². The van der Waals surface area contributed by atoms with Crippen molar-refractivity contribution < 1.29 is 5.11 Å². The van der Waals surface area contributed by atoms with Crippen LogP contribution in [0.3, 0.4) is 0 Å². The summed E-state index contributed by atoms with van der Waals surface area (Å²) in [6.45, 7) is 5.32. The Balaban J connectivity index is 1.92. The van der Waals surface area contributed by atoms with Crippen LogP contribution < -0.4 is 5.43 Å². The first kappa shape index (κ1) is 12.4. The lowest BCUT2D eigenvalue weighted by Crippen LogP contribution is -2.51. The van der Waals surface area contributed by atoms with Crippen LogP contribution in [0.5, 0.6) is 5.75 Å². The van der Waals surface area contributed by atoms with Crippen LogP contribution in [0.25, 0.3) is 0 Å². The molecule has 2 atom stereocenters. The monoisotopic (exact) mass is 234 g/mol. The molecule has 0 aliphatic carbocycles. The topological polar surface area (TPSA) is 35.5 Å². The minimum absolute atomic E-state index is 0.337. The Morgan fingerprint density at radius 2 is 2.00 bits per heavy atom. The third-order valence-corrected chi connectivity index (χ3v) is 3.57. The standard InChI is InChI=1S/C14H22N2O/c1-11-5-3-6-12(2)16(11)15-10-13-7-4-8-14(17)9-13/h4,7-9,11-12,15,17H,3,5-6,10H2,1-2H3. The Labute approximate surface area is 103 Å². The molecule has 1 saturated heterocycles. The number of aromatic hydroxyl groups is 1. The summed E-state index contributed by atoms with van der Waals surface area (Å²) in [5.74, 6) is 0.337. The normalized spacial score (nSPS) is 26.0. The molecular weight excluding hydrogens is 212 g/mol. The zero-order chi connectivity index (χ0) is 12.3. The average Bonchev–Trinajstić information content (AvgIpc) is 2.28. The van der Waals surface area contributed by atoms with Crippen LogP contribution in [0.1, 0.15) is 38.7 Å². The van der Waals surface area contributed by atoms with Crippen LogP contribution in [0.4, 0.5) is 0 Å². The third kappa shape index (κ3) is 3.20. The van der Waals surface area contributed by atoms with Crippen LogP contribution >= 0.6 is 0 Å². The molecule has 0 spiro atoms. The van der Waals surface area contributed by atoms with Crippen molar-refractivity contribution in [2.24, 2.45) is 0 Å². The van der Waals surface area contributed by atoms with Crippen molar-refractivity contribution in [3.05, 3.63) is 29.8 Å². The molecule has 0 aromatic heterocycles. The van der Waals surface area contributed by atoms with E-state index in [-0.39, 0.29) is 0 Å². The lowest BCUT2D eigenvalue weighted by Gasteiger charge is -2.39. The summed E-state index contributed by atoms with van der Waals surface area (Å²) < 4.78 is 0. The zero-order valence-electron chi connectivity index (χ0n) is 10.7. The van der Waals surface area contributed by atoms with E-state index >= 15 is 0 Å². The number of nitrogens with one attached hydrogen (secondary N) is 1. The Kier molecular flexibility index (Phi) is 4.02. The van der Waals surface area contributed by atoms with Gasteiger partial charge in [-0.3, -0.25) is 5.43 Å². The highest BCUT2D eigenvalue weighted by atomic mass is 16.3. The zero-order valence-corrected chi connectivity index (χ0v) is 10.7. The summed E-state index contributed by atoms with van der Waals surface area (Å²) in [7, 11) is 0. The van der Waals surface area contributed by atoms with Gasteiger partial charge in [-0.15, -0.1) is 0 Å². The van der Waals surface area contributed by atoms with Gasteiger partial charge in [0.2, 0.25) is 0 Å². The van der Waals surface area contributed by atoms with Crippen LogP contribution in [0.2, 0.25) is 0 Å². The van der Waals surface area contributed by atoms with E-state index in [1.807, 2.05) is 18.2 Å². The van der Waals surface area contributed by atoms with Crippen LogP contribution in [-0.2, 0) is 6.54 Å². The molecule has 2 unspecified atom stereocenters. The molecular formula is C14H22N2O. The first-order valence-corrected chi connectivity index (χ1v) is 6.46. The summed E-state index contributed by atoms with van der Waals surface area (Å²) in [5, 5.41) is 11.8. The van der Waals surface area contributed by atoms with Gasteiger partial charge in [0.25, 0.3) is 0 Å². The minimum Gasteiger partial charge on any atom is -0.508 e. The smallest absolute Gasteiger partial charge is 0.115 e. The first-order valence-electron chi connectivity index (χ1n) is 6.46. The number of hydrogen-bond acceptors (Lipinski definition) is 3. The molecule has 0 radical (unpaired) electrons. The Morgan fingerprint density at radius 1 is 1.29 bits per heavy atom. The quantitative estimate of drug-likeness (QED) is 0.844. The molecule has 1 aromatic rings. The fourth-order valence-corrected chi connectivity index (χ4v) is 2.58. The second kappa shape index (κ2) is 5.52. The van der Waals surface area contributed by atoms with Gasteiger partial charge in [0.05, 0.1) is 0 Å². The summed E-state index contributed by atoms with van der Waals surface area (Å²) in [6, 6.07) is 8.62. The van der Waals surface area contributed by atoms with Crippen molar-refractivity contribution in [1.82, 2.24) is 10.4 Å². The van der Waals surface area contributed by atoms with Crippen LogP contribution in [-0.4, -0.2) is 22.2 Å². The fraction of sp³-hybridized carbons (Fsp3) is 0.571. The number of benzene rings is 1. The van der Waals surface area contributed by atoms with Crippen molar-refractivity contribution >= 4 is 0 Å². The Morgan fingerprint density at radius 3 is 2.65 bits per heavy atom. The summed E-state index contributed by atoms with van der Waals surface area (Å²) >= 11 is 0. The van der Waals surface area contributed by atoms with Gasteiger partial charge in [-0.1, -0.05) is 18.6 Å². The molecule has 94 valence electrons. The van der Waals surface area contributed by atoms with Crippen LogP contribution in [0, 0.1) is 0 Å². The van der Waals surface area contributed by atoms with E-state index in [9.17, 15) is 5.11 Å². The maximum absolute atomic E-state index is 9.41. The SMILES string of the molecule is CC1CCCC(C)N1NCc1cccc(O)c1. The van der Waals surface area contributed by atoms with Gasteiger partial charge in [0.1, 0.15) is 5.75 Å². The van der Waals surface area contributed by atoms with E-state index in [4.69, 9.17) is 0 Å². The third-order valence-electron chi connectivity index (χ3n) is 3.57. The van der Waals surface area contributed by atoms with E-state index in [0.717, 1.165) is 12.1 Å². The van der Waals surface area contributed by atoms with Gasteiger partial charge in [-0.25, -0.2) is 5.01 Å². The van der Waals surface area contributed by atoms with Gasteiger partial charge < -0.3 is 5.11 Å². The number of phenols is 1. The molecule has 1 heterocycles. The Hall–Kier alpha value is -1.06. The lowest BCUT2D eigenvalue weighted by atomic mass is 10.00. The molecule has 1 fully saturated rings. The summed E-state index contributed by atoms with van der Waals surface area (Å²) in [4.78, 5) is 0. The second-order valence-electron chi connectivity index (χ2n) is 5.04. The molecule has 0 amide bonds. The molecule has 1 aliphatic rings. The van der Waals surface area contributed by atoms with Gasteiger partial charge in [0.15, 0.2) is 0 Å². The molecule has 0 saturated carbocycles. The molecule has 2 rings (SSSR count). The van der Waals surface area contributed by atoms with Crippen LogP contribution in [0.15, 0.2) is 24.3 Å². The van der Waals surface area contributed by atoms with E-state index in [2.05, 4.69) is 24.3 Å². The van der Waals surface area contributed by atoms with Crippen molar-refractivity contribution in [3.8, 4) is 5.75 Å². The van der Waals surface area contributed by atoms with Crippen molar-refractivity contribution in [1.29, 1.82) is 0 Å². The van der Waals surface area contributed by atoms with E-state index in [0.29, 0.717) is 17.8 Å². The second-order valence-corrected chi connectivity index (χ2v) is 5.04. The molecule has 1 aliphatic heterocycles. The first-order chi connectivity index (χ1) is 8.16. The molecule has 1 aromatic carbocycles. The summed E-state index contributed by atoms with van der Waals surface area (Å²) in [6.07, 6.45) is 3.85. The average molecular weight is 234 g/mol. The largest absolute Gasteiger partial charge is 0.508 e. The van der Waals surface area contributed by atoms with Gasteiger partial charge >= 0.3 is 0 Å². The molecule has 2 N–H and O–H groups in total. The molecule has 17 heavy (non-hydrogen) atoms. The maximum Gasteiger partial charge on any atom is 0.115 e. The predicted octanol–water partition coefficient (Wildman–Crippen LogP) is 2.66. The van der Waals surface area contributed by atoms with Gasteiger partial charge in [-0.2, -0.15) is 0 Å². The lowest BCUT2D eigenvalue weighted by molar-refractivity contribution is 0.0435. The van der Waals surface area contributed by atoms with E-state index in [1.54, 1.807) is 6.07 Å². The maximum atomic E-state index is 9.41. The molecule has 3 nitrogen and oxygen atoms in total. The number of rotatable bonds is 3. The predicted molar refractivity (Wildman–Crippen MR) is 69.6 cm³/mol.